The van der Waals surface area contributed by atoms with Gasteiger partial charge < -0.3 is 20.3 Å². The SMILES string of the molecule is COc1ccc(/C=C/CC(C(=O)OC(C)(C)C)C(C)(N)C(=O)O)cc1. The van der Waals surface area contributed by atoms with Crippen molar-refractivity contribution in [1.29, 1.82) is 0 Å². The lowest BCUT2D eigenvalue weighted by molar-refractivity contribution is -0.167. The summed E-state index contributed by atoms with van der Waals surface area (Å²) in [5.74, 6) is -2.14. The molecule has 2 atom stereocenters. The van der Waals surface area contributed by atoms with Gasteiger partial charge in [0.15, 0.2) is 0 Å². The van der Waals surface area contributed by atoms with Gasteiger partial charge in [-0.1, -0.05) is 24.3 Å². The molecular formula is C19H27NO5. The number of hydrogen-bond donors (Lipinski definition) is 2. The van der Waals surface area contributed by atoms with Crippen LogP contribution in [-0.2, 0) is 14.3 Å². The van der Waals surface area contributed by atoms with Crippen LogP contribution in [0, 0.1) is 5.92 Å². The molecule has 6 nitrogen and oxygen atoms in total. The summed E-state index contributed by atoms with van der Waals surface area (Å²) in [4.78, 5) is 23.9. The molecule has 0 heterocycles. The number of aliphatic carboxylic acids is 1. The quantitative estimate of drug-likeness (QED) is 0.735. The van der Waals surface area contributed by atoms with E-state index in [1.165, 1.54) is 6.92 Å². The van der Waals surface area contributed by atoms with Crippen molar-refractivity contribution < 1.29 is 24.2 Å². The summed E-state index contributed by atoms with van der Waals surface area (Å²) >= 11 is 0. The number of benzene rings is 1. The minimum absolute atomic E-state index is 0.153. The first-order chi connectivity index (χ1) is 11.5. The summed E-state index contributed by atoms with van der Waals surface area (Å²) in [5, 5.41) is 9.36. The van der Waals surface area contributed by atoms with Crippen molar-refractivity contribution in [3.63, 3.8) is 0 Å². The molecule has 0 saturated carbocycles. The van der Waals surface area contributed by atoms with Crippen molar-refractivity contribution in [2.24, 2.45) is 11.7 Å². The largest absolute Gasteiger partial charge is 0.497 e. The van der Waals surface area contributed by atoms with Crippen LogP contribution in [0.3, 0.4) is 0 Å². The van der Waals surface area contributed by atoms with E-state index >= 15 is 0 Å². The normalized spacial score (nSPS) is 15.4. The Balaban J connectivity index is 2.94. The Kier molecular flexibility index (Phi) is 6.76. The number of ether oxygens (including phenoxy) is 2. The molecule has 0 aliphatic rings. The van der Waals surface area contributed by atoms with Gasteiger partial charge in [-0.15, -0.1) is 0 Å². The van der Waals surface area contributed by atoms with E-state index in [4.69, 9.17) is 15.2 Å². The average molecular weight is 349 g/mol. The van der Waals surface area contributed by atoms with E-state index in [1.54, 1.807) is 40.0 Å². The summed E-state index contributed by atoms with van der Waals surface area (Å²) in [6.45, 7) is 6.50. The molecule has 1 aromatic rings. The van der Waals surface area contributed by atoms with Crippen LogP contribution in [0.25, 0.3) is 6.08 Å². The fourth-order valence-electron chi connectivity index (χ4n) is 2.16. The number of methoxy groups -OCH3 is 1. The Hall–Kier alpha value is -2.34. The topological polar surface area (TPSA) is 98.9 Å². The number of carboxylic acids is 1. The van der Waals surface area contributed by atoms with Crippen LogP contribution in [0.15, 0.2) is 30.3 Å². The Morgan fingerprint density at radius 1 is 1.20 bits per heavy atom. The van der Waals surface area contributed by atoms with Crippen LogP contribution in [0.1, 0.15) is 39.7 Å². The zero-order valence-electron chi connectivity index (χ0n) is 15.4. The van der Waals surface area contributed by atoms with Crippen LogP contribution in [0.4, 0.5) is 0 Å². The van der Waals surface area contributed by atoms with Crippen LogP contribution >= 0.6 is 0 Å². The molecule has 3 N–H and O–H groups in total. The number of hydrogen-bond acceptors (Lipinski definition) is 5. The lowest BCUT2D eigenvalue weighted by atomic mass is 9.83. The highest BCUT2D eigenvalue weighted by molar-refractivity contribution is 5.87. The van der Waals surface area contributed by atoms with Gasteiger partial charge in [0.1, 0.15) is 16.9 Å². The predicted octanol–water partition coefficient (Wildman–Crippen LogP) is 2.86. The van der Waals surface area contributed by atoms with Gasteiger partial charge in [0.05, 0.1) is 13.0 Å². The summed E-state index contributed by atoms with van der Waals surface area (Å²) in [7, 11) is 1.59. The molecule has 1 aromatic carbocycles. The van der Waals surface area contributed by atoms with Crippen molar-refractivity contribution in [2.45, 2.75) is 45.3 Å². The van der Waals surface area contributed by atoms with E-state index in [1.807, 2.05) is 24.3 Å². The Bertz CT molecular complexity index is 626. The number of allylic oxidation sites excluding steroid dienone is 1. The maximum Gasteiger partial charge on any atom is 0.324 e. The van der Waals surface area contributed by atoms with E-state index in [2.05, 4.69) is 0 Å². The molecule has 6 heteroatoms. The minimum Gasteiger partial charge on any atom is -0.497 e. The van der Waals surface area contributed by atoms with Crippen molar-refractivity contribution in [1.82, 2.24) is 0 Å². The summed E-state index contributed by atoms with van der Waals surface area (Å²) in [6.07, 6.45) is 3.68. The van der Waals surface area contributed by atoms with Gasteiger partial charge in [-0.3, -0.25) is 9.59 Å². The van der Waals surface area contributed by atoms with Crippen molar-refractivity contribution >= 4 is 18.0 Å². The molecule has 25 heavy (non-hydrogen) atoms. The molecule has 0 radical (unpaired) electrons. The highest BCUT2D eigenvalue weighted by Gasteiger charge is 2.43. The summed E-state index contributed by atoms with van der Waals surface area (Å²) in [6, 6.07) is 7.35. The van der Waals surface area contributed by atoms with Crippen molar-refractivity contribution in [2.75, 3.05) is 7.11 Å². The molecule has 0 aliphatic heterocycles. The number of nitrogens with two attached hydrogens (primary N) is 1. The van der Waals surface area contributed by atoms with Gasteiger partial charge in [-0.25, -0.2) is 0 Å². The average Bonchev–Trinajstić information content (AvgIpc) is 2.49. The molecular weight excluding hydrogens is 322 g/mol. The third-order valence-corrected chi connectivity index (χ3v) is 3.67. The molecule has 0 amide bonds. The third-order valence-electron chi connectivity index (χ3n) is 3.67. The highest BCUT2D eigenvalue weighted by atomic mass is 16.6. The van der Waals surface area contributed by atoms with Crippen LogP contribution in [0.2, 0.25) is 0 Å². The number of carbonyl (C=O) groups excluding carboxylic acids is 1. The van der Waals surface area contributed by atoms with E-state index in [0.717, 1.165) is 11.3 Å². The fraction of sp³-hybridized carbons (Fsp3) is 0.474. The first kappa shape index (κ1) is 20.7. The smallest absolute Gasteiger partial charge is 0.324 e. The van der Waals surface area contributed by atoms with Gasteiger partial charge in [-0.2, -0.15) is 0 Å². The summed E-state index contributed by atoms with van der Waals surface area (Å²) in [5.41, 5.74) is 4.34. The fourth-order valence-corrected chi connectivity index (χ4v) is 2.16. The van der Waals surface area contributed by atoms with E-state index in [-0.39, 0.29) is 6.42 Å². The van der Waals surface area contributed by atoms with Crippen LogP contribution in [0.5, 0.6) is 5.75 Å². The van der Waals surface area contributed by atoms with E-state index < -0.39 is 29.0 Å². The van der Waals surface area contributed by atoms with Gasteiger partial charge in [-0.05, 0) is 51.8 Å². The van der Waals surface area contributed by atoms with Crippen molar-refractivity contribution in [3.05, 3.63) is 35.9 Å². The lowest BCUT2D eigenvalue weighted by Gasteiger charge is -2.30. The van der Waals surface area contributed by atoms with Crippen LogP contribution in [-0.4, -0.2) is 35.3 Å². The zero-order valence-corrected chi connectivity index (χ0v) is 15.4. The minimum atomic E-state index is -1.73. The molecule has 138 valence electrons. The molecule has 1 rings (SSSR count). The van der Waals surface area contributed by atoms with Gasteiger partial charge in [0.2, 0.25) is 0 Å². The molecule has 0 saturated heterocycles. The van der Waals surface area contributed by atoms with Crippen LogP contribution < -0.4 is 10.5 Å². The first-order valence-corrected chi connectivity index (χ1v) is 8.03. The number of carbonyl (C=O) groups is 2. The highest BCUT2D eigenvalue weighted by Crippen LogP contribution is 2.24. The molecule has 0 aliphatic carbocycles. The maximum atomic E-state index is 12.4. The second kappa shape index (κ2) is 8.16. The molecule has 0 bridgehead atoms. The Morgan fingerprint density at radius 2 is 1.76 bits per heavy atom. The predicted molar refractivity (Wildman–Crippen MR) is 96.2 cm³/mol. The summed E-state index contributed by atoms with van der Waals surface area (Å²) < 4.78 is 10.4. The Labute approximate surface area is 148 Å². The third kappa shape index (κ3) is 6.23. The molecule has 0 aromatic heterocycles. The van der Waals surface area contributed by atoms with Crippen molar-refractivity contribution in [3.8, 4) is 5.75 Å². The lowest BCUT2D eigenvalue weighted by Crippen LogP contribution is -2.55. The second-order valence-electron chi connectivity index (χ2n) is 7.09. The van der Waals surface area contributed by atoms with Gasteiger partial charge >= 0.3 is 11.9 Å². The number of rotatable bonds is 7. The standard InChI is InChI=1S/C19H27NO5/c1-18(2,3)25-16(21)15(19(4,20)17(22)23)8-6-7-13-9-11-14(24-5)12-10-13/h6-7,9-12,15H,8,20H2,1-5H3,(H,22,23)/b7-6+. The number of esters is 1. The molecule has 0 spiro atoms. The second-order valence-corrected chi connectivity index (χ2v) is 7.09. The van der Waals surface area contributed by atoms with Gasteiger partial charge in [0.25, 0.3) is 0 Å². The van der Waals surface area contributed by atoms with E-state index in [0.29, 0.717) is 0 Å². The number of carboxylic acid groups (broad SMARTS) is 1. The van der Waals surface area contributed by atoms with Gasteiger partial charge in [0, 0.05) is 0 Å². The van der Waals surface area contributed by atoms with E-state index in [9.17, 15) is 14.7 Å². The first-order valence-electron chi connectivity index (χ1n) is 8.03. The zero-order chi connectivity index (χ0) is 19.3. The Morgan fingerprint density at radius 3 is 2.20 bits per heavy atom. The molecule has 2 unspecified atom stereocenters. The maximum absolute atomic E-state index is 12.4. The molecule has 0 fully saturated rings. The monoisotopic (exact) mass is 349 g/mol.